The largest absolute Gasteiger partial charge is 0.478 e. The molecule has 0 saturated carbocycles. The Morgan fingerprint density at radius 1 is 1.26 bits per heavy atom. The lowest BCUT2D eigenvalue weighted by atomic mass is 10.1. The van der Waals surface area contributed by atoms with Gasteiger partial charge in [-0.1, -0.05) is 18.2 Å². The highest BCUT2D eigenvalue weighted by Crippen LogP contribution is 2.29. The number of hydrogen-bond donors (Lipinski definition) is 2. The van der Waals surface area contributed by atoms with Crippen molar-refractivity contribution < 1.29 is 14.3 Å². The predicted molar refractivity (Wildman–Crippen MR) is 91.0 cm³/mol. The molecule has 0 spiro atoms. The van der Waals surface area contributed by atoms with Gasteiger partial charge >= 0.3 is 0 Å². The molecule has 1 heterocycles. The summed E-state index contributed by atoms with van der Waals surface area (Å²) in [5, 5.41) is 5.55. The maximum atomic E-state index is 12.2. The molecule has 6 heteroatoms. The van der Waals surface area contributed by atoms with Crippen LogP contribution in [0.1, 0.15) is 6.42 Å². The minimum Gasteiger partial charge on any atom is -0.478 e. The number of thioether (sulfide) groups is 1. The Labute approximate surface area is 138 Å². The molecule has 0 unspecified atom stereocenters. The Hall–Kier alpha value is -2.47. The lowest BCUT2D eigenvalue weighted by Gasteiger charge is -2.25. The monoisotopic (exact) mass is 328 g/mol. The van der Waals surface area contributed by atoms with Crippen LogP contribution >= 0.6 is 11.8 Å². The van der Waals surface area contributed by atoms with E-state index in [4.69, 9.17) is 4.74 Å². The van der Waals surface area contributed by atoms with Gasteiger partial charge in [-0.15, -0.1) is 11.8 Å². The molecule has 2 aromatic rings. The van der Waals surface area contributed by atoms with Gasteiger partial charge in [0.15, 0.2) is 6.10 Å². The number of ether oxygens (including phenoxy) is 1. The average Bonchev–Trinajstić information content (AvgIpc) is 2.55. The summed E-state index contributed by atoms with van der Waals surface area (Å²) in [6.45, 7) is 0. The number of amides is 2. The van der Waals surface area contributed by atoms with E-state index < -0.39 is 6.10 Å². The molecule has 0 fully saturated rings. The fraction of sp³-hybridized carbons (Fsp3) is 0.176. The molecule has 3 rings (SSSR count). The molecule has 1 aliphatic rings. The van der Waals surface area contributed by atoms with E-state index >= 15 is 0 Å². The van der Waals surface area contributed by atoms with Gasteiger partial charge in [-0.05, 0) is 36.6 Å². The van der Waals surface area contributed by atoms with Crippen molar-refractivity contribution in [2.75, 3.05) is 16.9 Å². The molecule has 0 saturated heterocycles. The Kier molecular flexibility index (Phi) is 4.52. The zero-order valence-electron chi connectivity index (χ0n) is 12.5. The zero-order valence-corrected chi connectivity index (χ0v) is 13.4. The highest BCUT2D eigenvalue weighted by atomic mass is 32.2. The smallest absolute Gasteiger partial charge is 0.266 e. The minimum absolute atomic E-state index is 0.0380. The number of para-hydroxylation sites is 2. The summed E-state index contributed by atoms with van der Waals surface area (Å²) in [5.74, 6) is 0.00813. The molecule has 5 nitrogen and oxygen atoms in total. The van der Waals surface area contributed by atoms with Crippen molar-refractivity contribution in [2.45, 2.75) is 17.4 Å². The van der Waals surface area contributed by atoms with E-state index in [-0.39, 0.29) is 18.2 Å². The topological polar surface area (TPSA) is 67.4 Å². The molecule has 2 aromatic carbocycles. The van der Waals surface area contributed by atoms with E-state index in [1.54, 1.807) is 23.9 Å². The molecule has 1 aliphatic heterocycles. The second-order valence-corrected chi connectivity index (χ2v) is 5.96. The second-order valence-electron chi connectivity index (χ2n) is 5.08. The molecule has 1 atom stereocenters. The van der Waals surface area contributed by atoms with Crippen LogP contribution < -0.4 is 15.4 Å². The van der Waals surface area contributed by atoms with Crippen LogP contribution in [-0.4, -0.2) is 24.2 Å². The highest BCUT2D eigenvalue weighted by Gasteiger charge is 2.29. The SMILES string of the molecule is CSc1cccc(NC(=O)C[C@H]2Oc3ccccc3NC2=O)c1. The summed E-state index contributed by atoms with van der Waals surface area (Å²) in [6.07, 6.45) is 1.11. The number of rotatable bonds is 4. The summed E-state index contributed by atoms with van der Waals surface area (Å²) in [6, 6.07) is 14.7. The van der Waals surface area contributed by atoms with Crippen LogP contribution in [-0.2, 0) is 9.59 Å². The number of anilines is 2. The molecular weight excluding hydrogens is 312 g/mol. The highest BCUT2D eigenvalue weighted by molar-refractivity contribution is 7.98. The van der Waals surface area contributed by atoms with E-state index in [1.807, 2.05) is 42.7 Å². The first-order chi connectivity index (χ1) is 11.2. The fourth-order valence-electron chi connectivity index (χ4n) is 2.31. The van der Waals surface area contributed by atoms with Crippen molar-refractivity contribution in [3.8, 4) is 5.75 Å². The van der Waals surface area contributed by atoms with Gasteiger partial charge in [-0.25, -0.2) is 0 Å². The third-order valence-corrected chi connectivity index (χ3v) is 4.16. The molecule has 2 N–H and O–H groups in total. The summed E-state index contributed by atoms with van der Waals surface area (Å²) in [5.41, 5.74) is 1.33. The normalized spacial score (nSPS) is 16.0. The molecule has 118 valence electrons. The van der Waals surface area contributed by atoms with Crippen molar-refractivity contribution in [2.24, 2.45) is 0 Å². The van der Waals surface area contributed by atoms with E-state index in [0.717, 1.165) is 4.90 Å². The van der Waals surface area contributed by atoms with E-state index in [9.17, 15) is 9.59 Å². The summed E-state index contributed by atoms with van der Waals surface area (Å²) in [4.78, 5) is 25.2. The number of hydrogen-bond acceptors (Lipinski definition) is 4. The average molecular weight is 328 g/mol. The van der Waals surface area contributed by atoms with Crippen LogP contribution in [0.2, 0.25) is 0 Å². The summed E-state index contributed by atoms with van der Waals surface area (Å²) >= 11 is 1.60. The van der Waals surface area contributed by atoms with Crippen LogP contribution in [0.15, 0.2) is 53.4 Å². The number of carbonyl (C=O) groups excluding carboxylic acids is 2. The molecule has 2 amide bonds. The van der Waals surface area contributed by atoms with E-state index in [2.05, 4.69) is 10.6 Å². The summed E-state index contributed by atoms with van der Waals surface area (Å²) in [7, 11) is 0. The quantitative estimate of drug-likeness (QED) is 0.846. The first-order valence-electron chi connectivity index (χ1n) is 7.16. The van der Waals surface area contributed by atoms with Crippen molar-refractivity contribution in [3.63, 3.8) is 0 Å². The number of benzene rings is 2. The first kappa shape index (κ1) is 15.4. The molecule has 0 aliphatic carbocycles. The van der Waals surface area contributed by atoms with Crippen LogP contribution in [0.25, 0.3) is 0 Å². The van der Waals surface area contributed by atoms with Crippen LogP contribution in [0.4, 0.5) is 11.4 Å². The minimum atomic E-state index is -0.825. The van der Waals surface area contributed by atoms with Gasteiger partial charge in [0.25, 0.3) is 5.91 Å². The Bertz CT molecular complexity index is 748. The van der Waals surface area contributed by atoms with Crippen LogP contribution in [0.5, 0.6) is 5.75 Å². The third kappa shape index (κ3) is 3.65. The first-order valence-corrected chi connectivity index (χ1v) is 8.38. The molecule has 0 radical (unpaired) electrons. The molecular formula is C17H16N2O3S. The second kappa shape index (κ2) is 6.75. The van der Waals surface area contributed by atoms with E-state index in [1.165, 1.54) is 0 Å². The number of fused-ring (bicyclic) bond motifs is 1. The maximum absolute atomic E-state index is 12.2. The van der Waals surface area contributed by atoms with Crippen molar-refractivity contribution >= 4 is 35.0 Å². The molecule has 0 bridgehead atoms. The fourth-order valence-corrected chi connectivity index (χ4v) is 2.77. The van der Waals surface area contributed by atoms with Crippen molar-refractivity contribution in [1.29, 1.82) is 0 Å². The Morgan fingerprint density at radius 3 is 2.91 bits per heavy atom. The lowest BCUT2D eigenvalue weighted by Crippen LogP contribution is -2.39. The van der Waals surface area contributed by atoms with Gasteiger partial charge < -0.3 is 15.4 Å². The number of carbonyl (C=O) groups is 2. The Morgan fingerprint density at radius 2 is 2.09 bits per heavy atom. The predicted octanol–water partition coefficient (Wildman–Crippen LogP) is 3.14. The zero-order chi connectivity index (χ0) is 16.2. The maximum Gasteiger partial charge on any atom is 0.266 e. The van der Waals surface area contributed by atoms with E-state index in [0.29, 0.717) is 17.1 Å². The van der Waals surface area contributed by atoms with Crippen molar-refractivity contribution in [1.82, 2.24) is 0 Å². The van der Waals surface area contributed by atoms with Gasteiger partial charge in [-0.2, -0.15) is 0 Å². The lowest BCUT2D eigenvalue weighted by molar-refractivity contribution is -0.128. The Balaban J connectivity index is 1.65. The molecule has 23 heavy (non-hydrogen) atoms. The van der Waals surface area contributed by atoms with Crippen LogP contribution in [0, 0.1) is 0 Å². The van der Waals surface area contributed by atoms with Gasteiger partial charge in [0.2, 0.25) is 5.91 Å². The van der Waals surface area contributed by atoms with Gasteiger partial charge in [-0.3, -0.25) is 9.59 Å². The number of nitrogens with one attached hydrogen (secondary N) is 2. The summed E-state index contributed by atoms with van der Waals surface area (Å²) < 4.78 is 5.62. The van der Waals surface area contributed by atoms with Gasteiger partial charge in [0.1, 0.15) is 5.75 Å². The van der Waals surface area contributed by atoms with Crippen molar-refractivity contribution in [3.05, 3.63) is 48.5 Å². The third-order valence-electron chi connectivity index (χ3n) is 3.43. The standard InChI is InChI=1S/C17H16N2O3S/c1-23-12-6-4-5-11(9-12)18-16(20)10-15-17(21)19-13-7-2-3-8-14(13)22-15/h2-9,15H,10H2,1H3,(H,18,20)(H,19,21)/t15-/m1/s1. The molecule has 0 aromatic heterocycles. The van der Waals surface area contributed by atoms with Gasteiger partial charge in [0.05, 0.1) is 12.1 Å². The van der Waals surface area contributed by atoms with Gasteiger partial charge in [0, 0.05) is 10.6 Å². The van der Waals surface area contributed by atoms with Crippen LogP contribution in [0.3, 0.4) is 0 Å².